The van der Waals surface area contributed by atoms with Crippen LogP contribution in [0.4, 0.5) is 5.69 Å². The number of benzene rings is 3. The van der Waals surface area contributed by atoms with E-state index in [-0.39, 0.29) is 16.7 Å². The molecule has 3 N–H and O–H groups in total. The van der Waals surface area contributed by atoms with E-state index < -0.39 is 5.97 Å². The number of hydrogen-bond donors (Lipinski definition) is 3. The summed E-state index contributed by atoms with van der Waals surface area (Å²) in [5.74, 6) is 4.80. The number of thiocarbonyl (C=S) groups is 1. The van der Waals surface area contributed by atoms with Crippen LogP contribution in [0.25, 0.3) is 33.4 Å². The summed E-state index contributed by atoms with van der Waals surface area (Å²) < 4.78 is 5.83. The van der Waals surface area contributed by atoms with Gasteiger partial charge in [0.15, 0.2) is 5.43 Å². The molecule has 158 valence electrons. The summed E-state index contributed by atoms with van der Waals surface area (Å²) >= 11 is 5.26. The number of aromatic carboxylic acids is 1. The normalized spacial score (nSPS) is 10.5. The lowest BCUT2D eigenvalue weighted by Crippen LogP contribution is -2.09. The molecule has 0 saturated heterocycles. The van der Waals surface area contributed by atoms with Gasteiger partial charge in [0.25, 0.3) is 0 Å². The van der Waals surface area contributed by atoms with Crippen LogP contribution >= 0.6 is 12.2 Å². The van der Waals surface area contributed by atoms with Crippen LogP contribution in [0, 0.1) is 11.8 Å². The van der Waals surface area contributed by atoms with Gasteiger partial charge in [0.2, 0.25) is 0 Å². The fourth-order valence-corrected chi connectivity index (χ4v) is 3.73. The molecule has 1 heterocycles. The van der Waals surface area contributed by atoms with Crippen LogP contribution in [-0.2, 0) is 0 Å². The standard InChI is InChI=1S/C25H17NO5S/c1-2-3-4-23(32)26-14-5-8-17(20(11-14)25(29)30)24-18-9-6-15(27)12-21(18)31-22-13-16(28)7-10-19(22)24/h5-13,27H,4H2,1H3,(H,26,32)(H,29,30). The van der Waals surface area contributed by atoms with Crippen LogP contribution in [0.3, 0.4) is 0 Å². The molecule has 0 bridgehead atoms. The Kier molecular flexibility index (Phi) is 5.63. The van der Waals surface area contributed by atoms with Crippen molar-refractivity contribution >= 4 is 39.8 Å². The number of phenolic OH excluding ortho intramolecular Hbond substituents is 1. The molecule has 2 aromatic rings. The summed E-state index contributed by atoms with van der Waals surface area (Å²) in [6, 6.07) is 13.9. The first-order valence-corrected chi connectivity index (χ1v) is 10.0. The Bertz CT molecular complexity index is 1480. The van der Waals surface area contributed by atoms with Crippen LogP contribution in [0.15, 0.2) is 63.8 Å². The molecule has 0 spiro atoms. The number of anilines is 1. The second kappa shape index (κ2) is 8.53. The van der Waals surface area contributed by atoms with Crippen molar-refractivity contribution in [3.8, 4) is 40.0 Å². The highest BCUT2D eigenvalue weighted by molar-refractivity contribution is 7.80. The van der Waals surface area contributed by atoms with E-state index in [2.05, 4.69) is 17.2 Å². The average molecular weight is 443 g/mol. The number of carboxylic acid groups (broad SMARTS) is 1. The van der Waals surface area contributed by atoms with E-state index in [0.717, 1.165) is 0 Å². The van der Waals surface area contributed by atoms with Crippen molar-refractivity contribution in [3.63, 3.8) is 0 Å². The monoisotopic (exact) mass is 443 g/mol. The predicted octanol–water partition coefficient (Wildman–Crippen LogP) is 5.12. The fourth-order valence-electron chi connectivity index (χ4n) is 3.54. The lowest BCUT2D eigenvalue weighted by molar-refractivity contribution is 0.0698. The highest BCUT2D eigenvalue weighted by Crippen LogP contribution is 2.42. The number of nitrogens with one attached hydrogen (secondary N) is 1. The molecule has 4 rings (SSSR count). The number of fused-ring (bicyclic) bond motifs is 2. The highest BCUT2D eigenvalue weighted by atomic mass is 32.1. The number of hydrogen-bond acceptors (Lipinski definition) is 5. The molecule has 0 saturated carbocycles. The van der Waals surface area contributed by atoms with Crippen LogP contribution in [0.1, 0.15) is 23.7 Å². The molecule has 7 heteroatoms. The number of carbonyl (C=O) groups is 1. The average Bonchev–Trinajstić information content (AvgIpc) is 2.76. The van der Waals surface area contributed by atoms with Gasteiger partial charge in [0.05, 0.1) is 17.0 Å². The van der Waals surface area contributed by atoms with Crippen molar-refractivity contribution < 1.29 is 19.4 Å². The van der Waals surface area contributed by atoms with Gasteiger partial charge >= 0.3 is 5.97 Å². The highest BCUT2D eigenvalue weighted by Gasteiger charge is 2.22. The molecule has 2 aliphatic rings. The van der Waals surface area contributed by atoms with Crippen molar-refractivity contribution in [2.45, 2.75) is 13.3 Å². The Morgan fingerprint density at radius 3 is 2.62 bits per heavy atom. The van der Waals surface area contributed by atoms with E-state index in [1.807, 2.05) is 0 Å². The molecule has 1 aliphatic carbocycles. The van der Waals surface area contributed by atoms with Gasteiger partial charge in [-0.25, -0.2) is 4.79 Å². The maximum atomic E-state index is 12.2. The van der Waals surface area contributed by atoms with E-state index in [1.54, 1.807) is 31.2 Å². The Labute approximate surface area is 188 Å². The minimum Gasteiger partial charge on any atom is -0.508 e. The molecule has 6 nitrogen and oxygen atoms in total. The first-order valence-electron chi connectivity index (χ1n) is 9.64. The second-order valence-corrected chi connectivity index (χ2v) is 7.53. The molecule has 1 aliphatic heterocycles. The Hall–Kier alpha value is -4.15. The molecule has 0 radical (unpaired) electrons. The van der Waals surface area contributed by atoms with Crippen LogP contribution in [-0.4, -0.2) is 21.2 Å². The number of aromatic hydroxyl groups is 1. The molecular weight excluding hydrogens is 426 g/mol. The minimum absolute atomic E-state index is 0.00785. The third-order valence-electron chi connectivity index (χ3n) is 4.91. The summed E-state index contributed by atoms with van der Waals surface area (Å²) in [5, 5.41) is 23.5. The van der Waals surface area contributed by atoms with E-state index in [1.165, 1.54) is 30.3 Å². The van der Waals surface area contributed by atoms with Gasteiger partial charge in [-0.05, 0) is 48.9 Å². The smallest absolute Gasteiger partial charge is 0.336 e. The van der Waals surface area contributed by atoms with Crippen molar-refractivity contribution in [2.24, 2.45) is 0 Å². The second-order valence-electron chi connectivity index (χ2n) is 7.03. The lowest BCUT2D eigenvalue weighted by Gasteiger charge is -2.17. The molecule has 2 aromatic carbocycles. The molecular formula is C25H17NO5S. The van der Waals surface area contributed by atoms with Crippen molar-refractivity contribution in [3.05, 3.63) is 70.4 Å². The van der Waals surface area contributed by atoms with Crippen LogP contribution < -0.4 is 10.7 Å². The summed E-state index contributed by atoms with van der Waals surface area (Å²) in [5.41, 5.74) is 2.28. The van der Waals surface area contributed by atoms with Crippen LogP contribution in [0.2, 0.25) is 0 Å². The predicted molar refractivity (Wildman–Crippen MR) is 127 cm³/mol. The largest absolute Gasteiger partial charge is 0.508 e. The topological polar surface area (TPSA) is 99.8 Å². The molecule has 0 atom stereocenters. The Morgan fingerprint density at radius 1 is 1.09 bits per heavy atom. The molecule has 0 unspecified atom stereocenters. The van der Waals surface area contributed by atoms with E-state index in [4.69, 9.17) is 16.6 Å². The van der Waals surface area contributed by atoms with Gasteiger partial charge in [0.1, 0.15) is 17.1 Å². The van der Waals surface area contributed by atoms with Gasteiger partial charge < -0.3 is 19.9 Å². The Balaban J connectivity index is 1.96. The summed E-state index contributed by atoms with van der Waals surface area (Å²) in [6.45, 7) is 1.72. The summed E-state index contributed by atoms with van der Waals surface area (Å²) in [7, 11) is 0. The van der Waals surface area contributed by atoms with Crippen LogP contribution in [0.5, 0.6) is 5.75 Å². The quantitative estimate of drug-likeness (QED) is 0.229. The summed E-state index contributed by atoms with van der Waals surface area (Å²) in [6.07, 6.45) is 0.368. The Morgan fingerprint density at radius 2 is 1.88 bits per heavy atom. The zero-order chi connectivity index (χ0) is 22.8. The third-order valence-corrected chi connectivity index (χ3v) is 5.15. The number of rotatable bonds is 4. The zero-order valence-corrected chi connectivity index (χ0v) is 17.7. The summed E-state index contributed by atoms with van der Waals surface area (Å²) in [4.78, 5) is 24.6. The van der Waals surface area contributed by atoms with E-state index in [0.29, 0.717) is 50.5 Å². The fraction of sp³-hybridized carbons (Fsp3) is 0.0800. The van der Waals surface area contributed by atoms with Crippen molar-refractivity contribution in [1.29, 1.82) is 0 Å². The van der Waals surface area contributed by atoms with Crippen molar-refractivity contribution in [2.75, 3.05) is 5.32 Å². The van der Waals surface area contributed by atoms with Gasteiger partial charge in [-0.15, -0.1) is 5.92 Å². The molecule has 0 aromatic heterocycles. The zero-order valence-electron chi connectivity index (χ0n) is 16.9. The van der Waals surface area contributed by atoms with Crippen molar-refractivity contribution in [1.82, 2.24) is 0 Å². The van der Waals surface area contributed by atoms with Gasteiger partial charge in [-0.1, -0.05) is 24.2 Å². The van der Waals surface area contributed by atoms with Gasteiger partial charge in [-0.2, -0.15) is 0 Å². The van der Waals surface area contributed by atoms with Gasteiger partial charge in [-0.3, -0.25) is 4.79 Å². The third kappa shape index (κ3) is 4.04. The first kappa shape index (κ1) is 21.1. The van der Waals surface area contributed by atoms with E-state index in [9.17, 15) is 19.8 Å². The molecule has 0 amide bonds. The maximum Gasteiger partial charge on any atom is 0.336 e. The van der Waals surface area contributed by atoms with Gasteiger partial charge in [0, 0.05) is 34.3 Å². The first-order chi connectivity index (χ1) is 15.4. The maximum absolute atomic E-state index is 12.2. The minimum atomic E-state index is -1.12. The SMILES string of the molecule is CC#CCC(=S)Nc1ccc(-c2c3ccc(=O)cc-3oc3cc(O)ccc23)c(C(=O)O)c1. The van der Waals surface area contributed by atoms with E-state index >= 15 is 0 Å². The number of carboxylic acids is 1. The number of phenols is 1. The lowest BCUT2D eigenvalue weighted by atomic mass is 9.90. The molecule has 0 fully saturated rings. The molecule has 32 heavy (non-hydrogen) atoms.